The fourth-order valence-corrected chi connectivity index (χ4v) is 2.61. The van der Waals surface area contributed by atoms with Gasteiger partial charge in [0.25, 0.3) is 0 Å². The van der Waals surface area contributed by atoms with Crippen molar-refractivity contribution >= 4 is 18.3 Å². The molecule has 2 aromatic rings. The molecule has 0 aliphatic rings. The van der Waals surface area contributed by atoms with Crippen molar-refractivity contribution in [3.8, 4) is 5.75 Å². The standard InChI is InChI=1S/C21H25F3N2O2.ClH/c1-2-3-19(25)20(27)26-13-12-15-6-10-18(11-7-15)28-14-16-4-8-17(9-5-16)21(22,23)24;/h4-11,19H,2-3,12-14,25H2,1H3,(H,26,27);1H. The van der Waals surface area contributed by atoms with Crippen molar-refractivity contribution in [2.75, 3.05) is 6.54 Å². The summed E-state index contributed by atoms with van der Waals surface area (Å²) in [7, 11) is 0. The van der Waals surface area contributed by atoms with Crippen LogP contribution in [0.4, 0.5) is 13.2 Å². The van der Waals surface area contributed by atoms with Crippen LogP contribution in [0.3, 0.4) is 0 Å². The predicted octanol–water partition coefficient (Wildman–Crippen LogP) is 4.49. The van der Waals surface area contributed by atoms with Gasteiger partial charge in [0.1, 0.15) is 12.4 Å². The van der Waals surface area contributed by atoms with E-state index in [1.54, 1.807) is 12.1 Å². The molecule has 0 fully saturated rings. The molecule has 0 spiro atoms. The highest BCUT2D eigenvalue weighted by Crippen LogP contribution is 2.29. The van der Waals surface area contributed by atoms with Gasteiger partial charge < -0.3 is 15.8 Å². The SMILES string of the molecule is CCCC(N)C(=O)NCCc1ccc(OCc2ccc(C(F)(F)F)cc2)cc1.Cl. The smallest absolute Gasteiger partial charge is 0.416 e. The number of nitrogens with two attached hydrogens (primary N) is 1. The minimum atomic E-state index is -4.34. The van der Waals surface area contributed by atoms with E-state index >= 15 is 0 Å². The molecule has 0 aliphatic carbocycles. The van der Waals surface area contributed by atoms with Gasteiger partial charge in [-0.15, -0.1) is 12.4 Å². The summed E-state index contributed by atoms with van der Waals surface area (Å²) in [6, 6.07) is 11.8. The molecule has 4 nitrogen and oxygen atoms in total. The summed E-state index contributed by atoms with van der Waals surface area (Å²) in [6.45, 7) is 2.67. The Morgan fingerprint density at radius 1 is 1.07 bits per heavy atom. The van der Waals surface area contributed by atoms with E-state index in [0.717, 1.165) is 24.1 Å². The first-order valence-electron chi connectivity index (χ1n) is 9.20. The minimum absolute atomic E-state index is 0. The van der Waals surface area contributed by atoms with Crippen molar-refractivity contribution in [3.05, 3.63) is 65.2 Å². The van der Waals surface area contributed by atoms with Crippen LogP contribution >= 0.6 is 12.4 Å². The van der Waals surface area contributed by atoms with E-state index in [0.29, 0.717) is 30.7 Å². The molecule has 1 atom stereocenters. The molecule has 2 rings (SSSR count). The van der Waals surface area contributed by atoms with Crippen LogP contribution in [0.25, 0.3) is 0 Å². The number of rotatable bonds is 9. The van der Waals surface area contributed by atoms with Crippen LogP contribution in [0, 0.1) is 0 Å². The molecule has 8 heteroatoms. The van der Waals surface area contributed by atoms with Gasteiger partial charge in [-0.05, 0) is 48.2 Å². The quantitative estimate of drug-likeness (QED) is 0.616. The number of hydrogen-bond donors (Lipinski definition) is 2. The van der Waals surface area contributed by atoms with Gasteiger partial charge in [-0.3, -0.25) is 4.79 Å². The summed E-state index contributed by atoms with van der Waals surface area (Å²) in [5.74, 6) is 0.482. The Bertz CT molecular complexity index is 750. The Kier molecular flexibility index (Phi) is 9.98. The number of hydrogen-bond acceptors (Lipinski definition) is 3. The van der Waals surface area contributed by atoms with Gasteiger partial charge in [-0.1, -0.05) is 37.6 Å². The maximum atomic E-state index is 12.6. The highest BCUT2D eigenvalue weighted by Gasteiger charge is 2.29. The number of benzene rings is 2. The number of alkyl halides is 3. The molecule has 2 aromatic carbocycles. The van der Waals surface area contributed by atoms with Crippen LogP contribution in [0.1, 0.15) is 36.5 Å². The molecule has 29 heavy (non-hydrogen) atoms. The molecular weight excluding hydrogens is 405 g/mol. The molecule has 0 aromatic heterocycles. The molecule has 0 bridgehead atoms. The van der Waals surface area contributed by atoms with Gasteiger partial charge in [-0.2, -0.15) is 13.2 Å². The van der Waals surface area contributed by atoms with E-state index in [4.69, 9.17) is 10.5 Å². The van der Waals surface area contributed by atoms with Gasteiger partial charge in [-0.25, -0.2) is 0 Å². The van der Waals surface area contributed by atoms with Crippen molar-refractivity contribution in [2.24, 2.45) is 5.73 Å². The first-order valence-corrected chi connectivity index (χ1v) is 9.20. The summed E-state index contributed by atoms with van der Waals surface area (Å²) < 4.78 is 43.3. The fraction of sp³-hybridized carbons (Fsp3) is 0.381. The molecule has 160 valence electrons. The third kappa shape index (κ3) is 8.33. The Morgan fingerprint density at radius 2 is 1.66 bits per heavy atom. The average molecular weight is 431 g/mol. The normalized spacial score (nSPS) is 12.0. The third-order valence-corrected chi connectivity index (χ3v) is 4.26. The first-order chi connectivity index (χ1) is 13.3. The lowest BCUT2D eigenvalue weighted by Crippen LogP contribution is -2.41. The maximum absolute atomic E-state index is 12.6. The second kappa shape index (κ2) is 11.7. The van der Waals surface area contributed by atoms with Crippen LogP contribution in [-0.2, 0) is 24.0 Å². The van der Waals surface area contributed by atoms with Crippen molar-refractivity contribution in [1.29, 1.82) is 0 Å². The van der Waals surface area contributed by atoms with Crippen LogP contribution in [0.5, 0.6) is 5.75 Å². The van der Waals surface area contributed by atoms with Crippen LogP contribution < -0.4 is 15.8 Å². The fourth-order valence-electron chi connectivity index (χ4n) is 2.61. The molecular formula is C21H26ClF3N2O2. The molecule has 0 heterocycles. The van der Waals surface area contributed by atoms with Gasteiger partial charge in [0.2, 0.25) is 5.91 Å². The molecule has 0 saturated carbocycles. The van der Waals surface area contributed by atoms with E-state index in [1.165, 1.54) is 12.1 Å². The van der Waals surface area contributed by atoms with E-state index < -0.39 is 17.8 Å². The average Bonchev–Trinajstić information content (AvgIpc) is 2.67. The van der Waals surface area contributed by atoms with Crippen molar-refractivity contribution in [3.63, 3.8) is 0 Å². The minimum Gasteiger partial charge on any atom is -0.489 e. The largest absolute Gasteiger partial charge is 0.489 e. The number of halogens is 4. The zero-order valence-corrected chi connectivity index (χ0v) is 17.0. The van der Waals surface area contributed by atoms with Gasteiger partial charge in [0.15, 0.2) is 0 Å². The summed E-state index contributed by atoms with van der Waals surface area (Å²) in [6.07, 6.45) is -2.14. The first kappa shape index (κ1) is 24.8. The second-order valence-corrected chi connectivity index (χ2v) is 6.56. The van der Waals surface area contributed by atoms with E-state index in [2.05, 4.69) is 5.32 Å². The summed E-state index contributed by atoms with van der Waals surface area (Å²) in [4.78, 5) is 11.8. The lowest BCUT2D eigenvalue weighted by Gasteiger charge is -2.11. The summed E-state index contributed by atoms with van der Waals surface area (Å²) in [5, 5.41) is 2.82. The highest BCUT2D eigenvalue weighted by molar-refractivity contribution is 5.85. The highest BCUT2D eigenvalue weighted by atomic mass is 35.5. The van der Waals surface area contributed by atoms with E-state index in [1.807, 2.05) is 19.1 Å². The van der Waals surface area contributed by atoms with Crippen LogP contribution in [-0.4, -0.2) is 18.5 Å². The topological polar surface area (TPSA) is 64.4 Å². The van der Waals surface area contributed by atoms with Crippen LogP contribution in [0.15, 0.2) is 48.5 Å². The molecule has 1 unspecified atom stereocenters. The maximum Gasteiger partial charge on any atom is 0.416 e. The van der Waals surface area contributed by atoms with Gasteiger partial charge in [0, 0.05) is 6.54 Å². The molecule has 0 aliphatic heterocycles. The summed E-state index contributed by atoms with van der Waals surface area (Å²) in [5.41, 5.74) is 6.77. The molecule has 3 N–H and O–H groups in total. The van der Waals surface area contributed by atoms with E-state index in [-0.39, 0.29) is 24.9 Å². The van der Waals surface area contributed by atoms with Gasteiger partial charge in [0.05, 0.1) is 11.6 Å². The zero-order valence-electron chi connectivity index (χ0n) is 16.2. The van der Waals surface area contributed by atoms with Crippen molar-refractivity contribution in [1.82, 2.24) is 5.32 Å². The monoisotopic (exact) mass is 430 g/mol. The third-order valence-electron chi connectivity index (χ3n) is 4.26. The molecule has 0 saturated heterocycles. The summed E-state index contributed by atoms with van der Waals surface area (Å²) >= 11 is 0. The van der Waals surface area contributed by atoms with Crippen molar-refractivity contribution in [2.45, 2.75) is 45.0 Å². The Balaban J connectivity index is 0.00000420. The Labute approximate surface area is 175 Å². The Hall–Kier alpha value is -2.25. The predicted molar refractivity (Wildman–Crippen MR) is 109 cm³/mol. The molecule has 0 radical (unpaired) electrons. The molecule has 1 amide bonds. The number of amides is 1. The lowest BCUT2D eigenvalue weighted by atomic mass is 10.1. The van der Waals surface area contributed by atoms with Crippen LogP contribution in [0.2, 0.25) is 0 Å². The number of carbonyl (C=O) groups is 1. The Morgan fingerprint density at radius 3 is 2.21 bits per heavy atom. The number of nitrogens with one attached hydrogen (secondary N) is 1. The van der Waals surface area contributed by atoms with E-state index in [9.17, 15) is 18.0 Å². The second-order valence-electron chi connectivity index (χ2n) is 6.56. The number of carbonyl (C=O) groups excluding carboxylic acids is 1. The van der Waals surface area contributed by atoms with Crippen molar-refractivity contribution < 1.29 is 22.7 Å². The number of ether oxygens (including phenoxy) is 1. The van der Waals surface area contributed by atoms with Gasteiger partial charge >= 0.3 is 6.18 Å². The zero-order chi connectivity index (χ0) is 20.6. The lowest BCUT2D eigenvalue weighted by molar-refractivity contribution is -0.137.